The first-order valence-electron chi connectivity index (χ1n) is 9.74. The van der Waals surface area contributed by atoms with Crippen molar-refractivity contribution in [2.75, 3.05) is 12.8 Å². The molecule has 0 amide bonds. The summed E-state index contributed by atoms with van der Waals surface area (Å²) in [5.41, 5.74) is 13.2. The van der Waals surface area contributed by atoms with Crippen molar-refractivity contribution >= 4 is 33.5 Å². The number of methoxy groups -OCH3 is 1. The number of anilines is 1. The second kappa shape index (κ2) is 7.08. The molecular weight excluding hydrogens is 372 g/mol. The number of hydrogen-bond donors (Lipinski definition) is 2. The summed E-state index contributed by atoms with van der Waals surface area (Å²) in [5.74, 6) is -0.434. The van der Waals surface area contributed by atoms with Crippen LogP contribution in [0.1, 0.15) is 10.4 Å². The number of hydrogen-bond acceptors (Lipinski definition) is 3. The third kappa shape index (κ3) is 2.90. The van der Waals surface area contributed by atoms with Crippen LogP contribution in [0.2, 0.25) is 0 Å². The normalized spacial score (nSPS) is 11.1. The second-order valence-corrected chi connectivity index (χ2v) is 7.27. The van der Waals surface area contributed by atoms with Gasteiger partial charge in [0.2, 0.25) is 0 Å². The summed E-state index contributed by atoms with van der Waals surface area (Å²) in [6.07, 6.45) is 0. The number of esters is 1. The van der Waals surface area contributed by atoms with Crippen molar-refractivity contribution < 1.29 is 9.53 Å². The quantitative estimate of drug-likeness (QED) is 0.291. The molecule has 0 aliphatic rings. The number of H-pyrrole nitrogens is 1. The van der Waals surface area contributed by atoms with Gasteiger partial charge in [-0.15, -0.1) is 0 Å². The van der Waals surface area contributed by atoms with E-state index in [2.05, 4.69) is 65.6 Å². The third-order valence-corrected chi connectivity index (χ3v) is 5.53. The van der Waals surface area contributed by atoms with E-state index >= 15 is 0 Å². The molecule has 4 heteroatoms. The smallest absolute Gasteiger partial charge is 0.339 e. The number of aromatic nitrogens is 1. The minimum Gasteiger partial charge on any atom is -0.465 e. The van der Waals surface area contributed by atoms with E-state index < -0.39 is 5.97 Å². The van der Waals surface area contributed by atoms with E-state index in [4.69, 9.17) is 10.5 Å². The van der Waals surface area contributed by atoms with Crippen LogP contribution in [0.4, 0.5) is 5.69 Å². The number of carbonyl (C=O) groups is 1. The van der Waals surface area contributed by atoms with Crippen LogP contribution in [-0.4, -0.2) is 18.1 Å². The van der Waals surface area contributed by atoms with Gasteiger partial charge >= 0.3 is 5.97 Å². The van der Waals surface area contributed by atoms with Gasteiger partial charge in [0.15, 0.2) is 0 Å². The van der Waals surface area contributed by atoms with E-state index in [9.17, 15) is 4.79 Å². The molecule has 0 unspecified atom stereocenters. The number of nitrogens with one attached hydrogen (secondary N) is 1. The van der Waals surface area contributed by atoms with E-state index in [1.165, 1.54) is 17.9 Å². The number of para-hydroxylation sites is 2. The number of nitrogen functional groups attached to an aromatic ring is 1. The largest absolute Gasteiger partial charge is 0.465 e. The summed E-state index contributed by atoms with van der Waals surface area (Å²) < 4.78 is 4.83. The van der Waals surface area contributed by atoms with Gasteiger partial charge in [0, 0.05) is 27.5 Å². The first kappa shape index (κ1) is 18.0. The zero-order chi connectivity index (χ0) is 20.7. The fourth-order valence-corrected chi connectivity index (χ4v) is 3.98. The van der Waals surface area contributed by atoms with Crippen LogP contribution in [0.5, 0.6) is 0 Å². The number of fused-ring (bicyclic) bond motifs is 3. The van der Waals surface area contributed by atoms with Gasteiger partial charge in [-0.25, -0.2) is 4.79 Å². The molecule has 0 aliphatic carbocycles. The molecule has 0 saturated carbocycles. The summed E-state index contributed by atoms with van der Waals surface area (Å²) in [6.45, 7) is 0. The van der Waals surface area contributed by atoms with Gasteiger partial charge in [0.25, 0.3) is 0 Å². The van der Waals surface area contributed by atoms with Gasteiger partial charge in [0.1, 0.15) is 0 Å². The number of ether oxygens (including phenoxy) is 1. The number of carbonyl (C=O) groups excluding carboxylic acids is 1. The van der Waals surface area contributed by atoms with Gasteiger partial charge in [0.05, 0.1) is 18.2 Å². The highest BCUT2D eigenvalue weighted by molar-refractivity contribution is 6.11. The SMILES string of the molecule is COC(=O)c1cc(-c2ccc(-c3cccc4c3[nH]c3ccccc34)cc2)ccc1N. The van der Waals surface area contributed by atoms with Gasteiger partial charge in [-0.3, -0.25) is 0 Å². The van der Waals surface area contributed by atoms with Crippen molar-refractivity contribution in [3.63, 3.8) is 0 Å². The van der Waals surface area contributed by atoms with Crippen LogP contribution in [0, 0.1) is 0 Å². The summed E-state index contributed by atoms with van der Waals surface area (Å²) in [7, 11) is 1.36. The molecule has 4 aromatic carbocycles. The van der Waals surface area contributed by atoms with E-state index in [0.717, 1.165) is 33.3 Å². The van der Waals surface area contributed by atoms with Crippen molar-refractivity contribution in [3.05, 3.63) is 90.5 Å². The van der Waals surface area contributed by atoms with Gasteiger partial charge in [-0.1, -0.05) is 66.7 Å². The number of benzene rings is 4. The molecule has 4 nitrogen and oxygen atoms in total. The lowest BCUT2D eigenvalue weighted by Crippen LogP contribution is -2.05. The van der Waals surface area contributed by atoms with E-state index in [1.807, 2.05) is 12.1 Å². The summed E-state index contributed by atoms with van der Waals surface area (Å²) >= 11 is 0. The van der Waals surface area contributed by atoms with Crippen molar-refractivity contribution in [3.8, 4) is 22.3 Å². The Morgan fingerprint density at radius 2 is 1.50 bits per heavy atom. The maximum atomic E-state index is 11.9. The third-order valence-electron chi connectivity index (χ3n) is 5.53. The van der Waals surface area contributed by atoms with Crippen LogP contribution < -0.4 is 5.73 Å². The molecule has 3 N–H and O–H groups in total. The highest BCUT2D eigenvalue weighted by atomic mass is 16.5. The van der Waals surface area contributed by atoms with E-state index in [-0.39, 0.29) is 0 Å². The second-order valence-electron chi connectivity index (χ2n) is 7.27. The minimum atomic E-state index is -0.434. The Balaban J connectivity index is 1.57. The first-order chi connectivity index (χ1) is 14.7. The maximum absolute atomic E-state index is 11.9. The molecule has 30 heavy (non-hydrogen) atoms. The van der Waals surface area contributed by atoms with Gasteiger partial charge < -0.3 is 15.5 Å². The summed E-state index contributed by atoms with van der Waals surface area (Å²) in [6, 6.07) is 28.5. The zero-order valence-electron chi connectivity index (χ0n) is 16.5. The number of aromatic amines is 1. The lowest BCUT2D eigenvalue weighted by molar-refractivity contribution is 0.0602. The minimum absolute atomic E-state index is 0.377. The molecule has 1 heterocycles. The molecule has 0 bridgehead atoms. The summed E-state index contributed by atoms with van der Waals surface area (Å²) in [5, 5.41) is 2.44. The zero-order valence-corrected chi connectivity index (χ0v) is 16.5. The standard InChI is InChI=1S/C26H20N2O2/c1-30-26(29)22-15-18(13-14-23(22)27)16-9-11-17(12-10-16)19-6-4-7-21-20-5-2-3-8-24(20)28-25(19)21/h2-15,28H,27H2,1H3. The van der Waals surface area contributed by atoms with Crippen LogP contribution in [0.15, 0.2) is 84.9 Å². The fourth-order valence-electron chi connectivity index (χ4n) is 3.98. The number of nitrogens with two attached hydrogens (primary N) is 1. The van der Waals surface area contributed by atoms with E-state index in [1.54, 1.807) is 12.1 Å². The average molecular weight is 392 g/mol. The Hall–Kier alpha value is -4.05. The number of rotatable bonds is 3. The molecule has 0 fully saturated rings. The van der Waals surface area contributed by atoms with Crippen LogP contribution in [0.25, 0.3) is 44.1 Å². The molecule has 0 spiro atoms. The van der Waals surface area contributed by atoms with Gasteiger partial charge in [-0.05, 0) is 34.9 Å². The monoisotopic (exact) mass is 392 g/mol. The van der Waals surface area contributed by atoms with Crippen LogP contribution in [-0.2, 0) is 4.74 Å². The molecule has 146 valence electrons. The summed E-state index contributed by atoms with van der Waals surface area (Å²) in [4.78, 5) is 15.5. The van der Waals surface area contributed by atoms with Gasteiger partial charge in [-0.2, -0.15) is 0 Å². The lowest BCUT2D eigenvalue weighted by Gasteiger charge is -2.09. The van der Waals surface area contributed by atoms with E-state index in [0.29, 0.717) is 11.3 Å². The predicted octanol–water partition coefficient (Wildman–Crippen LogP) is 6.02. The molecule has 5 aromatic rings. The average Bonchev–Trinajstić information content (AvgIpc) is 3.18. The molecule has 0 atom stereocenters. The molecule has 1 aromatic heterocycles. The van der Waals surface area contributed by atoms with Crippen molar-refractivity contribution in [2.24, 2.45) is 0 Å². The highest BCUT2D eigenvalue weighted by Gasteiger charge is 2.12. The molecule has 0 radical (unpaired) electrons. The Labute approximate surface area is 173 Å². The first-order valence-corrected chi connectivity index (χ1v) is 9.74. The molecule has 5 rings (SSSR count). The molecular formula is C26H20N2O2. The fraction of sp³-hybridized carbons (Fsp3) is 0.0385. The van der Waals surface area contributed by atoms with Crippen molar-refractivity contribution in [1.82, 2.24) is 4.98 Å². The van der Waals surface area contributed by atoms with Crippen LogP contribution >= 0.6 is 0 Å². The maximum Gasteiger partial charge on any atom is 0.339 e. The Kier molecular flexibility index (Phi) is 4.25. The Morgan fingerprint density at radius 1 is 0.800 bits per heavy atom. The Morgan fingerprint density at radius 3 is 2.30 bits per heavy atom. The van der Waals surface area contributed by atoms with Crippen LogP contribution in [0.3, 0.4) is 0 Å². The van der Waals surface area contributed by atoms with Crippen molar-refractivity contribution in [1.29, 1.82) is 0 Å². The topological polar surface area (TPSA) is 68.1 Å². The lowest BCUT2D eigenvalue weighted by atomic mass is 9.97. The van der Waals surface area contributed by atoms with Crippen molar-refractivity contribution in [2.45, 2.75) is 0 Å². The molecule has 0 aliphatic heterocycles. The highest BCUT2D eigenvalue weighted by Crippen LogP contribution is 2.34. The predicted molar refractivity (Wildman–Crippen MR) is 122 cm³/mol. The Bertz CT molecular complexity index is 1400. The molecule has 0 saturated heterocycles.